The van der Waals surface area contributed by atoms with Crippen molar-refractivity contribution in [2.75, 3.05) is 14.1 Å². The predicted octanol–water partition coefficient (Wildman–Crippen LogP) is 1.28. The maximum atomic E-state index is 10.8. The quantitative estimate of drug-likeness (QED) is 0.579. The highest BCUT2D eigenvalue weighted by Gasteiger charge is 2.06. The van der Waals surface area contributed by atoms with E-state index in [2.05, 4.69) is 5.10 Å². The van der Waals surface area contributed by atoms with Crippen LogP contribution in [0.3, 0.4) is 0 Å². The minimum atomic E-state index is -0.939. The van der Waals surface area contributed by atoms with E-state index in [-0.39, 0.29) is 5.56 Å². The number of rotatable bonds is 3. The lowest BCUT2D eigenvalue weighted by Gasteiger charge is -2.03. The zero-order chi connectivity index (χ0) is 10.6. The topological polar surface area (TPSA) is 52.9 Å². The number of benzene rings is 1. The standard InChI is InChI=1S/C10H12N2O2/c1-12(2)11-7-8-5-3-4-6-9(8)10(13)14/h3-7H,1-2H3,(H,13,14)/b11-7+. The van der Waals surface area contributed by atoms with Crippen molar-refractivity contribution < 1.29 is 9.90 Å². The smallest absolute Gasteiger partial charge is 0.336 e. The molecule has 1 aromatic carbocycles. The van der Waals surface area contributed by atoms with Crippen molar-refractivity contribution in [2.24, 2.45) is 5.10 Å². The molecule has 0 atom stereocenters. The van der Waals surface area contributed by atoms with Crippen LogP contribution < -0.4 is 0 Å². The van der Waals surface area contributed by atoms with E-state index in [0.717, 1.165) is 0 Å². The van der Waals surface area contributed by atoms with Crippen LogP contribution in [0.2, 0.25) is 0 Å². The minimum absolute atomic E-state index is 0.262. The Morgan fingerprint density at radius 3 is 2.64 bits per heavy atom. The summed E-state index contributed by atoms with van der Waals surface area (Å²) in [5.41, 5.74) is 0.867. The summed E-state index contributed by atoms with van der Waals surface area (Å²) in [6.45, 7) is 0. The zero-order valence-corrected chi connectivity index (χ0v) is 8.14. The van der Waals surface area contributed by atoms with Gasteiger partial charge in [0.05, 0.1) is 11.8 Å². The molecule has 0 radical (unpaired) electrons. The number of hydrazone groups is 1. The SMILES string of the molecule is CN(C)/N=C/c1ccccc1C(=O)O. The number of aromatic carboxylic acids is 1. The molecule has 74 valence electrons. The van der Waals surface area contributed by atoms with E-state index in [9.17, 15) is 4.79 Å². The molecule has 0 saturated carbocycles. The van der Waals surface area contributed by atoms with Crippen molar-refractivity contribution in [1.29, 1.82) is 0 Å². The van der Waals surface area contributed by atoms with E-state index < -0.39 is 5.97 Å². The fraction of sp³-hybridized carbons (Fsp3) is 0.200. The lowest BCUT2D eigenvalue weighted by atomic mass is 10.1. The van der Waals surface area contributed by atoms with Gasteiger partial charge in [-0.1, -0.05) is 18.2 Å². The summed E-state index contributed by atoms with van der Waals surface area (Å²) >= 11 is 0. The van der Waals surface area contributed by atoms with Crippen molar-refractivity contribution in [3.05, 3.63) is 35.4 Å². The summed E-state index contributed by atoms with van der Waals surface area (Å²) in [5, 5.41) is 14.4. The largest absolute Gasteiger partial charge is 0.478 e. The number of hydrogen-bond acceptors (Lipinski definition) is 3. The third-order valence-electron chi connectivity index (χ3n) is 1.62. The molecule has 0 amide bonds. The van der Waals surface area contributed by atoms with E-state index >= 15 is 0 Å². The molecule has 4 heteroatoms. The van der Waals surface area contributed by atoms with Crippen LogP contribution in [0.15, 0.2) is 29.4 Å². The highest BCUT2D eigenvalue weighted by atomic mass is 16.4. The summed E-state index contributed by atoms with van der Waals surface area (Å²) in [5.74, 6) is -0.939. The Kier molecular flexibility index (Phi) is 3.23. The Balaban J connectivity index is 3.02. The Bertz CT molecular complexity index is 359. The van der Waals surface area contributed by atoms with Crippen LogP contribution >= 0.6 is 0 Å². The van der Waals surface area contributed by atoms with Gasteiger partial charge in [0.15, 0.2) is 0 Å². The van der Waals surface area contributed by atoms with Crippen molar-refractivity contribution in [3.8, 4) is 0 Å². The van der Waals surface area contributed by atoms with Gasteiger partial charge in [-0.05, 0) is 6.07 Å². The van der Waals surface area contributed by atoms with Gasteiger partial charge in [0, 0.05) is 19.7 Å². The molecule has 1 N–H and O–H groups in total. The van der Waals surface area contributed by atoms with Gasteiger partial charge in [0.2, 0.25) is 0 Å². The second-order valence-corrected chi connectivity index (χ2v) is 2.98. The second kappa shape index (κ2) is 4.41. The molecule has 1 aromatic rings. The molecular formula is C10H12N2O2. The molecule has 0 fully saturated rings. The van der Waals surface area contributed by atoms with E-state index in [0.29, 0.717) is 5.56 Å². The summed E-state index contributed by atoms with van der Waals surface area (Å²) in [4.78, 5) is 10.8. The van der Waals surface area contributed by atoms with Crippen LogP contribution in [0.5, 0.6) is 0 Å². The average molecular weight is 192 g/mol. The van der Waals surface area contributed by atoms with Crippen LogP contribution in [-0.2, 0) is 0 Å². The Labute approximate surface area is 82.5 Å². The van der Waals surface area contributed by atoms with Crippen molar-refractivity contribution in [2.45, 2.75) is 0 Å². The number of hydrogen-bond donors (Lipinski definition) is 1. The minimum Gasteiger partial charge on any atom is -0.478 e. The van der Waals surface area contributed by atoms with Gasteiger partial charge in [-0.25, -0.2) is 4.79 Å². The highest BCUT2D eigenvalue weighted by Crippen LogP contribution is 2.05. The molecule has 4 nitrogen and oxygen atoms in total. The molecule has 0 aromatic heterocycles. The van der Waals surface area contributed by atoms with Crippen molar-refractivity contribution in [1.82, 2.24) is 5.01 Å². The van der Waals surface area contributed by atoms with Crippen LogP contribution in [0, 0.1) is 0 Å². The molecule has 0 saturated heterocycles. The molecule has 14 heavy (non-hydrogen) atoms. The average Bonchev–Trinajstić information content (AvgIpc) is 2.15. The molecule has 0 aliphatic carbocycles. The summed E-state index contributed by atoms with van der Waals surface area (Å²) in [7, 11) is 3.56. The number of carbonyl (C=O) groups is 1. The third-order valence-corrected chi connectivity index (χ3v) is 1.62. The number of nitrogens with zero attached hydrogens (tertiary/aromatic N) is 2. The van der Waals surface area contributed by atoms with Gasteiger partial charge in [0.25, 0.3) is 0 Å². The van der Waals surface area contributed by atoms with Crippen LogP contribution in [-0.4, -0.2) is 36.4 Å². The summed E-state index contributed by atoms with van der Waals surface area (Å²) < 4.78 is 0. The highest BCUT2D eigenvalue weighted by molar-refractivity contribution is 5.98. The summed E-state index contributed by atoms with van der Waals surface area (Å²) in [6.07, 6.45) is 1.53. The molecule has 0 unspecified atom stereocenters. The second-order valence-electron chi connectivity index (χ2n) is 2.98. The van der Waals surface area contributed by atoms with Gasteiger partial charge in [-0.3, -0.25) is 0 Å². The molecule has 0 bridgehead atoms. The molecule has 1 rings (SSSR count). The summed E-state index contributed by atoms with van der Waals surface area (Å²) in [6, 6.07) is 6.75. The Hall–Kier alpha value is -1.84. The van der Waals surface area contributed by atoms with Gasteiger partial charge in [-0.2, -0.15) is 5.10 Å². The lowest BCUT2D eigenvalue weighted by molar-refractivity contribution is 0.0697. The van der Waals surface area contributed by atoms with Crippen molar-refractivity contribution in [3.63, 3.8) is 0 Å². The predicted molar refractivity (Wildman–Crippen MR) is 54.7 cm³/mol. The number of carboxylic acid groups (broad SMARTS) is 1. The van der Waals surface area contributed by atoms with Crippen LogP contribution in [0.1, 0.15) is 15.9 Å². The van der Waals surface area contributed by atoms with Gasteiger partial charge < -0.3 is 10.1 Å². The fourth-order valence-corrected chi connectivity index (χ4v) is 0.982. The lowest BCUT2D eigenvalue weighted by Crippen LogP contribution is -2.05. The third kappa shape index (κ3) is 2.58. The first-order chi connectivity index (χ1) is 6.61. The van der Waals surface area contributed by atoms with Gasteiger partial charge in [0.1, 0.15) is 0 Å². The Morgan fingerprint density at radius 2 is 2.07 bits per heavy atom. The van der Waals surface area contributed by atoms with E-state index in [1.54, 1.807) is 43.4 Å². The first-order valence-electron chi connectivity index (χ1n) is 4.15. The van der Waals surface area contributed by atoms with E-state index in [4.69, 9.17) is 5.11 Å². The monoisotopic (exact) mass is 192 g/mol. The normalized spacial score (nSPS) is 10.4. The maximum absolute atomic E-state index is 10.8. The van der Waals surface area contributed by atoms with Gasteiger partial charge >= 0.3 is 5.97 Å². The van der Waals surface area contributed by atoms with Crippen LogP contribution in [0.4, 0.5) is 0 Å². The maximum Gasteiger partial charge on any atom is 0.336 e. The molecular weight excluding hydrogens is 180 g/mol. The zero-order valence-electron chi connectivity index (χ0n) is 8.14. The number of carboxylic acids is 1. The molecule has 0 aliphatic rings. The molecule has 0 spiro atoms. The molecule has 0 aliphatic heterocycles. The van der Waals surface area contributed by atoms with E-state index in [1.165, 1.54) is 6.21 Å². The van der Waals surface area contributed by atoms with Crippen LogP contribution in [0.25, 0.3) is 0 Å². The molecule has 0 heterocycles. The van der Waals surface area contributed by atoms with Gasteiger partial charge in [-0.15, -0.1) is 0 Å². The van der Waals surface area contributed by atoms with Crippen molar-refractivity contribution >= 4 is 12.2 Å². The first-order valence-corrected chi connectivity index (χ1v) is 4.15. The first kappa shape index (κ1) is 10.2. The fourth-order valence-electron chi connectivity index (χ4n) is 0.982. The Morgan fingerprint density at radius 1 is 1.43 bits per heavy atom. The van der Waals surface area contributed by atoms with E-state index in [1.807, 2.05) is 0 Å².